The number of hydrogen-bond donors (Lipinski definition) is 3. The van der Waals surface area contributed by atoms with Gasteiger partial charge >= 0.3 is 6.03 Å². The van der Waals surface area contributed by atoms with Gasteiger partial charge in [0.05, 0.1) is 28.7 Å². The van der Waals surface area contributed by atoms with Gasteiger partial charge in [0.2, 0.25) is 0 Å². The fourth-order valence-electron chi connectivity index (χ4n) is 6.14. The number of carbonyl (C=O) groups excluding carboxylic acids is 1. The van der Waals surface area contributed by atoms with Crippen molar-refractivity contribution in [1.29, 1.82) is 0 Å². The molecule has 1 aromatic carbocycles. The molecule has 11 heteroatoms. The van der Waals surface area contributed by atoms with Crippen LogP contribution in [0, 0.1) is 5.82 Å². The van der Waals surface area contributed by atoms with Crippen LogP contribution in [-0.4, -0.2) is 72.7 Å². The van der Waals surface area contributed by atoms with Crippen LogP contribution < -0.4 is 10.9 Å². The van der Waals surface area contributed by atoms with Crippen LogP contribution in [-0.2, 0) is 13.1 Å². The van der Waals surface area contributed by atoms with E-state index in [2.05, 4.69) is 25.1 Å². The van der Waals surface area contributed by atoms with Crippen LogP contribution in [0.25, 0.3) is 39.1 Å². The van der Waals surface area contributed by atoms with E-state index in [4.69, 9.17) is 0 Å². The molecule has 10 nitrogen and oxygen atoms in total. The Morgan fingerprint density at radius 2 is 1.95 bits per heavy atom. The smallest absolute Gasteiger partial charge is 0.320 e. The van der Waals surface area contributed by atoms with E-state index in [0.717, 1.165) is 35.1 Å². The van der Waals surface area contributed by atoms with E-state index in [0.29, 0.717) is 61.1 Å². The molecule has 2 aliphatic heterocycles. The number of likely N-dealkylation sites (tertiary alicyclic amines) is 1. The van der Waals surface area contributed by atoms with Gasteiger partial charge in [0.1, 0.15) is 11.5 Å². The molecule has 6 heterocycles. The van der Waals surface area contributed by atoms with Crippen molar-refractivity contribution >= 4 is 22.6 Å². The highest BCUT2D eigenvalue weighted by molar-refractivity contribution is 6.00. The molecular formula is C28H29FN8O2. The Balaban J connectivity index is 1.29. The molecular weight excluding hydrogens is 499 g/mol. The molecule has 0 bridgehead atoms. The summed E-state index contributed by atoms with van der Waals surface area (Å²) >= 11 is 0. The zero-order valence-electron chi connectivity index (χ0n) is 21.6. The van der Waals surface area contributed by atoms with Crippen molar-refractivity contribution in [3.63, 3.8) is 0 Å². The van der Waals surface area contributed by atoms with E-state index in [1.165, 1.54) is 12.1 Å². The minimum atomic E-state index is -0.380. The minimum absolute atomic E-state index is 0.00203. The average Bonchev–Trinajstić information content (AvgIpc) is 3.61. The van der Waals surface area contributed by atoms with Crippen LogP contribution in [0.15, 0.2) is 53.7 Å². The molecule has 200 valence electrons. The molecule has 0 aliphatic carbocycles. The fourth-order valence-corrected chi connectivity index (χ4v) is 6.14. The highest BCUT2D eigenvalue weighted by atomic mass is 19.1. The number of halogens is 1. The van der Waals surface area contributed by atoms with Gasteiger partial charge in [-0.3, -0.25) is 19.4 Å². The van der Waals surface area contributed by atoms with Gasteiger partial charge < -0.3 is 19.7 Å². The number of pyridine rings is 1. The number of carbonyl (C=O) groups is 1. The standard InChI is InChI=1S/C28H29FN8O2/c1-30-19-5-8-34(9-6-19)28(39)36-11-10-35-16-21(20-13-18(29)12-17(15-36)26(20)35)25-24(27(38)33-32-25)22-14-31-23-4-2-3-7-37(22)23/h2-4,7,12-14,16,19,30H,5-6,8-11,15H2,1H3,(H2,32,33,38). The van der Waals surface area contributed by atoms with Crippen molar-refractivity contribution in [2.24, 2.45) is 0 Å². The van der Waals surface area contributed by atoms with Crippen LogP contribution in [0.4, 0.5) is 9.18 Å². The minimum Gasteiger partial charge on any atom is -0.345 e. The van der Waals surface area contributed by atoms with E-state index in [1.54, 1.807) is 6.20 Å². The van der Waals surface area contributed by atoms with Crippen molar-refractivity contribution < 1.29 is 9.18 Å². The highest BCUT2D eigenvalue weighted by Crippen LogP contribution is 2.37. The second-order valence-corrected chi connectivity index (χ2v) is 10.4. The number of aromatic nitrogens is 5. The fraction of sp³-hybridized carbons (Fsp3) is 0.321. The third-order valence-corrected chi connectivity index (χ3v) is 8.15. The van der Waals surface area contributed by atoms with Crippen LogP contribution in [0.5, 0.6) is 0 Å². The average molecular weight is 529 g/mol. The number of aromatic amines is 2. The molecule has 1 fully saturated rings. The number of piperidine rings is 1. The first-order chi connectivity index (χ1) is 19.0. The topological polar surface area (TPSA) is 106 Å². The van der Waals surface area contributed by atoms with Gasteiger partial charge in [-0.25, -0.2) is 14.2 Å². The van der Waals surface area contributed by atoms with Gasteiger partial charge in [-0.05, 0) is 49.7 Å². The van der Waals surface area contributed by atoms with Gasteiger partial charge in [-0.15, -0.1) is 0 Å². The number of urea groups is 1. The monoisotopic (exact) mass is 528 g/mol. The summed E-state index contributed by atoms with van der Waals surface area (Å²) in [4.78, 5) is 34.6. The number of nitrogens with one attached hydrogen (secondary N) is 3. The predicted octanol–water partition coefficient (Wildman–Crippen LogP) is 3.40. The van der Waals surface area contributed by atoms with Crippen molar-refractivity contribution in [2.75, 3.05) is 26.7 Å². The number of imidazole rings is 1. The second-order valence-electron chi connectivity index (χ2n) is 10.4. The second kappa shape index (κ2) is 9.12. The summed E-state index contributed by atoms with van der Waals surface area (Å²) in [6.07, 6.45) is 7.33. The van der Waals surface area contributed by atoms with E-state index < -0.39 is 0 Å². The lowest BCUT2D eigenvalue weighted by Gasteiger charge is -2.35. The normalized spacial score (nSPS) is 16.4. The quantitative estimate of drug-likeness (QED) is 0.334. The molecule has 1 saturated heterocycles. The summed E-state index contributed by atoms with van der Waals surface area (Å²) in [5.41, 5.74) is 4.46. The number of nitrogens with zero attached hydrogens (tertiary/aromatic N) is 5. The maximum absolute atomic E-state index is 15.1. The molecule has 0 radical (unpaired) electrons. The molecule has 3 N–H and O–H groups in total. The summed E-state index contributed by atoms with van der Waals surface area (Å²) in [5, 5.41) is 9.74. The van der Waals surface area contributed by atoms with Gasteiger partial charge in [0.15, 0.2) is 0 Å². The Labute approximate surface area is 223 Å². The summed E-state index contributed by atoms with van der Waals surface area (Å²) in [6, 6.07) is 9.11. The molecule has 2 amide bonds. The van der Waals surface area contributed by atoms with E-state index in [-0.39, 0.29) is 17.4 Å². The Bertz CT molecular complexity index is 1770. The molecule has 0 atom stereocenters. The molecule has 0 saturated carbocycles. The largest absolute Gasteiger partial charge is 0.345 e. The molecule has 7 rings (SSSR count). The van der Waals surface area contributed by atoms with Gasteiger partial charge in [0, 0.05) is 62.1 Å². The number of hydrogen-bond acceptors (Lipinski definition) is 4. The van der Waals surface area contributed by atoms with Crippen LogP contribution >= 0.6 is 0 Å². The van der Waals surface area contributed by atoms with Gasteiger partial charge in [-0.1, -0.05) is 6.07 Å². The third-order valence-electron chi connectivity index (χ3n) is 8.15. The first-order valence-corrected chi connectivity index (χ1v) is 13.3. The van der Waals surface area contributed by atoms with Gasteiger partial charge in [0.25, 0.3) is 5.56 Å². The Morgan fingerprint density at radius 1 is 1.10 bits per heavy atom. The number of benzene rings is 1. The first kappa shape index (κ1) is 23.7. The van der Waals surface area contributed by atoms with E-state index in [1.807, 2.05) is 51.8 Å². The number of fused-ring (bicyclic) bond motifs is 1. The lowest BCUT2D eigenvalue weighted by atomic mass is 10.0. The molecule has 0 unspecified atom stereocenters. The number of rotatable bonds is 3. The van der Waals surface area contributed by atoms with Crippen molar-refractivity contribution in [3.8, 4) is 22.5 Å². The Kier molecular flexibility index (Phi) is 5.55. The lowest BCUT2D eigenvalue weighted by molar-refractivity contribution is 0.135. The van der Waals surface area contributed by atoms with Crippen molar-refractivity contribution in [2.45, 2.75) is 32.0 Å². The molecule has 4 aromatic heterocycles. The van der Waals surface area contributed by atoms with Crippen molar-refractivity contribution in [1.82, 2.24) is 39.3 Å². The molecule has 0 spiro atoms. The molecule has 2 aliphatic rings. The van der Waals surface area contributed by atoms with Crippen LogP contribution in [0.1, 0.15) is 18.4 Å². The SMILES string of the molecule is CNC1CCN(C(=O)N2CCn3cc(-c4[nH][nH]c(=O)c4-c4cnc5ccccn45)c4cc(F)cc(c43)C2)CC1. The van der Waals surface area contributed by atoms with E-state index in [9.17, 15) is 9.59 Å². The summed E-state index contributed by atoms with van der Waals surface area (Å²) in [6.45, 7) is 2.82. The first-order valence-electron chi connectivity index (χ1n) is 13.3. The van der Waals surface area contributed by atoms with Crippen LogP contribution in [0.2, 0.25) is 0 Å². The Hall–Kier alpha value is -4.38. The summed E-state index contributed by atoms with van der Waals surface area (Å²) in [5.74, 6) is -0.380. The summed E-state index contributed by atoms with van der Waals surface area (Å²) in [7, 11) is 1.96. The van der Waals surface area contributed by atoms with Crippen molar-refractivity contribution in [3.05, 3.63) is 70.7 Å². The van der Waals surface area contributed by atoms with Crippen LogP contribution in [0.3, 0.4) is 0 Å². The number of H-pyrrole nitrogens is 2. The predicted molar refractivity (Wildman–Crippen MR) is 146 cm³/mol. The lowest BCUT2D eigenvalue weighted by Crippen LogP contribution is -2.49. The highest BCUT2D eigenvalue weighted by Gasteiger charge is 2.30. The summed E-state index contributed by atoms with van der Waals surface area (Å²) < 4.78 is 19.0. The maximum Gasteiger partial charge on any atom is 0.320 e. The zero-order valence-corrected chi connectivity index (χ0v) is 21.6. The number of amides is 2. The zero-order chi connectivity index (χ0) is 26.7. The maximum atomic E-state index is 15.1. The van der Waals surface area contributed by atoms with Gasteiger partial charge in [-0.2, -0.15) is 0 Å². The Morgan fingerprint density at radius 3 is 2.77 bits per heavy atom. The molecule has 5 aromatic rings. The molecule has 39 heavy (non-hydrogen) atoms. The third kappa shape index (κ3) is 3.84. The van der Waals surface area contributed by atoms with E-state index >= 15 is 4.39 Å².